The lowest BCUT2D eigenvalue weighted by molar-refractivity contribution is 0.101. The lowest BCUT2D eigenvalue weighted by Gasteiger charge is -2.24. The largest absolute Gasteiger partial charge is 0.447 e. The van der Waals surface area contributed by atoms with Crippen molar-refractivity contribution >= 4 is 17.6 Å². The van der Waals surface area contributed by atoms with Gasteiger partial charge >= 0.3 is 6.09 Å². The first kappa shape index (κ1) is 12.6. The summed E-state index contributed by atoms with van der Waals surface area (Å²) in [6.07, 6.45) is -0.315. The first-order valence-electron chi connectivity index (χ1n) is 6.07. The van der Waals surface area contributed by atoms with Crippen LogP contribution in [-0.4, -0.2) is 24.5 Å². The van der Waals surface area contributed by atoms with Gasteiger partial charge in [0.2, 0.25) is 0 Å². The molecule has 0 saturated carbocycles. The summed E-state index contributed by atoms with van der Waals surface area (Å²) in [6, 6.07) is 7.11. The molecule has 1 heterocycles. The van der Waals surface area contributed by atoms with E-state index in [-0.39, 0.29) is 17.9 Å². The minimum absolute atomic E-state index is 0.0194. The molecular formula is C14H17NO3. The van der Waals surface area contributed by atoms with Gasteiger partial charge in [-0.15, -0.1) is 0 Å². The Labute approximate surface area is 107 Å². The predicted molar refractivity (Wildman–Crippen MR) is 68.9 cm³/mol. The van der Waals surface area contributed by atoms with Gasteiger partial charge in [-0.2, -0.15) is 0 Å². The number of nitrogens with zero attached hydrogens (tertiary/aromatic N) is 1. The Balaban J connectivity index is 2.29. The third kappa shape index (κ3) is 2.23. The second-order valence-electron chi connectivity index (χ2n) is 4.86. The molecule has 96 valence electrons. The van der Waals surface area contributed by atoms with Gasteiger partial charge in [-0.25, -0.2) is 4.79 Å². The number of carbonyl (C=O) groups is 2. The number of Topliss-reactive ketones (excluding diaryl/α,β-unsaturated/α-hetero) is 1. The van der Waals surface area contributed by atoms with Crippen LogP contribution >= 0.6 is 0 Å². The van der Waals surface area contributed by atoms with Gasteiger partial charge in [0, 0.05) is 11.3 Å². The summed E-state index contributed by atoms with van der Waals surface area (Å²) in [4.78, 5) is 24.6. The molecule has 0 unspecified atom stereocenters. The van der Waals surface area contributed by atoms with Gasteiger partial charge in [-0.3, -0.25) is 9.69 Å². The standard InChI is InChI=1S/C14H17NO3/c1-9(2)13-8-18-14(17)15(13)12-6-4-11(5-7-12)10(3)16/h4-7,9,13H,8H2,1-3H3/t13-/m0/s1. The maximum atomic E-state index is 11.7. The molecule has 1 amide bonds. The van der Waals surface area contributed by atoms with Crippen LogP contribution in [0.4, 0.5) is 10.5 Å². The molecule has 2 rings (SSSR count). The van der Waals surface area contributed by atoms with Crippen LogP contribution in [0, 0.1) is 5.92 Å². The van der Waals surface area contributed by atoms with Gasteiger partial charge in [-0.1, -0.05) is 13.8 Å². The molecule has 0 aromatic heterocycles. The number of carbonyl (C=O) groups excluding carboxylic acids is 2. The molecule has 4 heteroatoms. The van der Waals surface area contributed by atoms with Gasteiger partial charge in [0.15, 0.2) is 5.78 Å². The average Bonchev–Trinajstić information content (AvgIpc) is 2.71. The van der Waals surface area contributed by atoms with Crippen molar-refractivity contribution < 1.29 is 14.3 Å². The molecule has 1 fully saturated rings. The molecule has 1 aromatic rings. The average molecular weight is 247 g/mol. The molecule has 0 spiro atoms. The first-order chi connectivity index (χ1) is 8.50. The molecule has 0 aliphatic carbocycles. The molecule has 1 aliphatic heterocycles. The molecule has 0 N–H and O–H groups in total. The summed E-state index contributed by atoms with van der Waals surface area (Å²) in [5.41, 5.74) is 1.42. The highest BCUT2D eigenvalue weighted by molar-refractivity contribution is 5.95. The number of cyclic esters (lactones) is 1. The zero-order valence-electron chi connectivity index (χ0n) is 10.8. The SMILES string of the molecule is CC(=O)c1ccc(N2C(=O)OC[C@H]2C(C)C)cc1. The monoisotopic (exact) mass is 247 g/mol. The van der Waals surface area contributed by atoms with E-state index < -0.39 is 0 Å². The van der Waals surface area contributed by atoms with Crippen LogP contribution in [0.15, 0.2) is 24.3 Å². The van der Waals surface area contributed by atoms with E-state index >= 15 is 0 Å². The Morgan fingerprint density at radius 1 is 1.33 bits per heavy atom. The van der Waals surface area contributed by atoms with Gasteiger partial charge < -0.3 is 4.74 Å². The lowest BCUT2D eigenvalue weighted by atomic mass is 10.0. The summed E-state index contributed by atoms with van der Waals surface area (Å²) in [5, 5.41) is 0. The van der Waals surface area contributed by atoms with Crippen molar-refractivity contribution in [2.75, 3.05) is 11.5 Å². The number of ether oxygens (including phenoxy) is 1. The number of hydrogen-bond donors (Lipinski definition) is 0. The number of rotatable bonds is 3. The highest BCUT2D eigenvalue weighted by atomic mass is 16.6. The summed E-state index contributed by atoms with van der Waals surface area (Å²) in [7, 11) is 0. The Bertz CT molecular complexity index is 464. The van der Waals surface area contributed by atoms with Crippen molar-refractivity contribution in [2.45, 2.75) is 26.8 Å². The van der Waals surface area contributed by atoms with Crippen molar-refractivity contribution in [1.29, 1.82) is 0 Å². The number of benzene rings is 1. The summed E-state index contributed by atoms with van der Waals surface area (Å²) in [6.45, 7) is 6.06. The number of amides is 1. The second-order valence-corrected chi connectivity index (χ2v) is 4.86. The van der Waals surface area contributed by atoms with E-state index in [0.717, 1.165) is 5.69 Å². The van der Waals surface area contributed by atoms with Crippen LogP contribution in [0.5, 0.6) is 0 Å². The van der Waals surface area contributed by atoms with Crippen molar-refractivity contribution in [1.82, 2.24) is 0 Å². The van der Waals surface area contributed by atoms with Crippen LogP contribution in [-0.2, 0) is 4.74 Å². The Morgan fingerprint density at radius 3 is 2.44 bits per heavy atom. The zero-order valence-corrected chi connectivity index (χ0v) is 10.8. The van der Waals surface area contributed by atoms with Crippen molar-refractivity contribution in [2.24, 2.45) is 5.92 Å². The molecule has 1 aromatic carbocycles. The maximum absolute atomic E-state index is 11.7. The molecule has 1 atom stereocenters. The number of anilines is 1. The van der Waals surface area contributed by atoms with E-state index in [1.807, 2.05) is 0 Å². The summed E-state index contributed by atoms with van der Waals surface area (Å²) >= 11 is 0. The fourth-order valence-electron chi connectivity index (χ4n) is 2.08. The fourth-order valence-corrected chi connectivity index (χ4v) is 2.08. The minimum Gasteiger partial charge on any atom is -0.447 e. The van der Waals surface area contributed by atoms with E-state index in [1.165, 1.54) is 6.92 Å². The van der Waals surface area contributed by atoms with E-state index in [1.54, 1.807) is 29.2 Å². The highest BCUT2D eigenvalue weighted by Gasteiger charge is 2.35. The van der Waals surface area contributed by atoms with Crippen LogP contribution in [0.2, 0.25) is 0 Å². The zero-order chi connectivity index (χ0) is 13.3. The number of ketones is 1. The Morgan fingerprint density at radius 2 is 1.94 bits per heavy atom. The van der Waals surface area contributed by atoms with Gasteiger partial charge in [0.05, 0.1) is 6.04 Å². The second kappa shape index (κ2) is 4.80. The molecule has 1 aliphatic rings. The van der Waals surface area contributed by atoms with Crippen LogP contribution < -0.4 is 4.90 Å². The van der Waals surface area contributed by atoms with Crippen LogP contribution in [0.3, 0.4) is 0 Å². The smallest absolute Gasteiger partial charge is 0.414 e. The fraction of sp³-hybridized carbons (Fsp3) is 0.429. The normalized spacial score (nSPS) is 19.2. The molecular weight excluding hydrogens is 230 g/mol. The molecule has 18 heavy (non-hydrogen) atoms. The maximum Gasteiger partial charge on any atom is 0.414 e. The van der Waals surface area contributed by atoms with Gasteiger partial charge in [0.25, 0.3) is 0 Å². The summed E-state index contributed by atoms with van der Waals surface area (Å²) in [5.74, 6) is 0.342. The van der Waals surface area contributed by atoms with E-state index in [0.29, 0.717) is 18.1 Å². The summed E-state index contributed by atoms with van der Waals surface area (Å²) < 4.78 is 5.09. The van der Waals surface area contributed by atoms with E-state index in [4.69, 9.17) is 4.74 Å². The molecule has 1 saturated heterocycles. The van der Waals surface area contributed by atoms with Gasteiger partial charge in [-0.05, 0) is 37.1 Å². The van der Waals surface area contributed by atoms with E-state index in [2.05, 4.69) is 13.8 Å². The molecule has 0 radical (unpaired) electrons. The molecule has 4 nitrogen and oxygen atoms in total. The van der Waals surface area contributed by atoms with Crippen molar-refractivity contribution in [3.8, 4) is 0 Å². The Hall–Kier alpha value is -1.84. The van der Waals surface area contributed by atoms with E-state index in [9.17, 15) is 9.59 Å². The Kier molecular flexibility index (Phi) is 3.36. The third-order valence-corrected chi connectivity index (χ3v) is 3.23. The molecule has 0 bridgehead atoms. The number of hydrogen-bond acceptors (Lipinski definition) is 3. The first-order valence-corrected chi connectivity index (χ1v) is 6.07. The van der Waals surface area contributed by atoms with Crippen LogP contribution in [0.25, 0.3) is 0 Å². The quantitative estimate of drug-likeness (QED) is 0.771. The van der Waals surface area contributed by atoms with Crippen LogP contribution in [0.1, 0.15) is 31.1 Å². The third-order valence-electron chi connectivity index (χ3n) is 3.23. The minimum atomic E-state index is -0.315. The predicted octanol–water partition coefficient (Wildman–Crippen LogP) is 2.87. The topological polar surface area (TPSA) is 46.6 Å². The lowest BCUT2D eigenvalue weighted by Crippen LogP contribution is -2.37. The highest BCUT2D eigenvalue weighted by Crippen LogP contribution is 2.27. The van der Waals surface area contributed by atoms with Crippen molar-refractivity contribution in [3.63, 3.8) is 0 Å². The van der Waals surface area contributed by atoms with Gasteiger partial charge in [0.1, 0.15) is 6.61 Å². The van der Waals surface area contributed by atoms with Crippen molar-refractivity contribution in [3.05, 3.63) is 29.8 Å².